The molecule has 0 aliphatic carbocycles. The number of amides is 1. The van der Waals surface area contributed by atoms with E-state index < -0.39 is 28.5 Å². The predicted octanol–water partition coefficient (Wildman–Crippen LogP) is 2.42. The highest BCUT2D eigenvalue weighted by Gasteiger charge is 2.27. The third kappa shape index (κ3) is 4.94. The van der Waals surface area contributed by atoms with Gasteiger partial charge in [-0.2, -0.15) is 4.31 Å². The van der Waals surface area contributed by atoms with Crippen LogP contribution in [0, 0.1) is 0 Å². The molecule has 0 atom stereocenters. The summed E-state index contributed by atoms with van der Waals surface area (Å²) in [6, 6.07) is 7.54. The van der Waals surface area contributed by atoms with Crippen LogP contribution in [-0.4, -0.2) is 49.3 Å². The van der Waals surface area contributed by atoms with Crippen LogP contribution in [0.2, 0.25) is 0 Å². The fourth-order valence-corrected chi connectivity index (χ4v) is 4.68. The third-order valence-corrected chi connectivity index (χ3v) is 6.42. The van der Waals surface area contributed by atoms with Crippen molar-refractivity contribution < 1.29 is 22.7 Å². The number of anilines is 1. The minimum absolute atomic E-state index is 0.115. The van der Waals surface area contributed by atoms with Crippen molar-refractivity contribution in [3.05, 3.63) is 52.8 Å². The van der Waals surface area contributed by atoms with Gasteiger partial charge in [0.1, 0.15) is 0 Å². The van der Waals surface area contributed by atoms with Gasteiger partial charge >= 0.3 is 5.97 Å². The van der Waals surface area contributed by atoms with Gasteiger partial charge in [0.25, 0.3) is 5.91 Å². The molecule has 2 heterocycles. The number of aromatic nitrogens is 1. The van der Waals surface area contributed by atoms with Crippen molar-refractivity contribution >= 4 is 43.5 Å². The van der Waals surface area contributed by atoms with Gasteiger partial charge in [-0.3, -0.25) is 9.78 Å². The molecular weight excluding hydrogens is 450 g/mol. The largest absolute Gasteiger partial charge is 0.452 e. The summed E-state index contributed by atoms with van der Waals surface area (Å²) in [6.45, 7) is 0.493. The van der Waals surface area contributed by atoms with E-state index in [0.717, 1.165) is 12.8 Å². The van der Waals surface area contributed by atoms with Crippen LogP contribution in [0.25, 0.3) is 0 Å². The zero-order chi connectivity index (χ0) is 20.1. The lowest BCUT2D eigenvalue weighted by atomic mass is 10.3. The molecule has 8 nitrogen and oxygen atoms in total. The highest BCUT2D eigenvalue weighted by atomic mass is 79.9. The number of esters is 1. The van der Waals surface area contributed by atoms with Gasteiger partial charge in [-0.05, 0) is 53.0 Å². The maximum absolute atomic E-state index is 12.6. The van der Waals surface area contributed by atoms with E-state index in [0.29, 0.717) is 23.2 Å². The molecule has 148 valence electrons. The van der Waals surface area contributed by atoms with E-state index in [1.54, 1.807) is 12.1 Å². The van der Waals surface area contributed by atoms with Crippen molar-refractivity contribution in [3.63, 3.8) is 0 Å². The van der Waals surface area contributed by atoms with Crippen molar-refractivity contribution in [1.82, 2.24) is 9.29 Å². The van der Waals surface area contributed by atoms with Gasteiger partial charge in [0.15, 0.2) is 6.61 Å². The van der Waals surface area contributed by atoms with Gasteiger partial charge in [-0.1, -0.05) is 6.07 Å². The molecule has 2 aromatic rings. The molecule has 0 bridgehead atoms. The van der Waals surface area contributed by atoms with Crippen LogP contribution in [0.3, 0.4) is 0 Å². The van der Waals surface area contributed by atoms with Gasteiger partial charge < -0.3 is 10.1 Å². The molecule has 28 heavy (non-hydrogen) atoms. The Morgan fingerprint density at radius 2 is 1.93 bits per heavy atom. The summed E-state index contributed by atoms with van der Waals surface area (Å²) in [5.74, 6) is -1.26. The number of sulfonamides is 1. The number of benzene rings is 1. The minimum Gasteiger partial charge on any atom is -0.452 e. The maximum atomic E-state index is 12.6. The summed E-state index contributed by atoms with van der Waals surface area (Å²) in [5.41, 5.74) is 0.520. The quantitative estimate of drug-likeness (QED) is 0.653. The topological polar surface area (TPSA) is 106 Å². The van der Waals surface area contributed by atoms with Crippen LogP contribution in [0.4, 0.5) is 5.69 Å². The second-order valence-corrected chi connectivity index (χ2v) is 9.01. The van der Waals surface area contributed by atoms with Gasteiger partial charge in [0, 0.05) is 35.6 Å². The highest BCUT2D eigenvalue weighted by molar-refractivity contribution is 9.10. The van der Waals surface area contributed by atoms with Crippen molar-refractivity contribution in [2.75, 3.05) is 25.0 Å². The second kappa shape index (κ2) is 8.80. The van der Waals surface area contributed by atoms with Gasteiger partial charge in [0.05, 0.1) is 10.5 Å². The first-order chi connectivity index (χ1) is 13.4. The number of hydrogen-bond donors (Lipinski definition) is 1. The first kappa shape index (κ1) is 20.4. The number of nitrogens with zero attached hydrogens (tertiary/aromatic N) is 2. The Balaban J connectivity index is 1.61. The SMILES string of the molecule is O=C(COC(=O)c1cncc(Br)c1)Nc1cccc(S(=O)(=O)N2CCCC2)c1. The highest BCUT2D eigenvalue weighted by Crippen LogP contribution is 2.23. The summed E-state index contributed by atoms with van der Waals surface area (Å²) >= 11 is 3.20. The lowest BCUT2D eigenvalue weighted by molar-refractivity contribution is -0.119. The first-order valence-corrected chi connectivity index (χ1v) is 10.8. The molecule has 1 aromatic carbocycles. The van der Waals surface area contributed by atoms with E-state index in [-0.39, 0.29) is 10.5 Å². The first-order valence-electron chi connectivity index (χ1n) is 8.54. The van der Waals surface area contributed by atoms with Crippen LogP contribution in [0.5, 0.6) is 0 Å². The molecule has 0 radical (unpaired) electrons. The monoisotopic (exact) mass is 467 g/mol. The maximum Gasteiger partial charge on any atom is 0.340 e. The Labute approximate surface area is 171 Å². The van der Waals surface area contributed by atoms with Crippen LogP contribution >= 0.6 is 15.9 Å². The Hall–Kier alpha value is -2.30. The van der Waals surface area contributed by atoms with E-state index in [2.05, 4.69) is 26.2 Å². The Kier molecular flexibility index (Phi) is 6.42. The summed E-state index contributed by atoms with van der Waals surface area (Å²) in [4.78, 5) is 28.0. The molecule has 1 fully saturated rings. The molecule has 1 aliphatic rings. The predicted molar refractivity (Wildman–Crippen MR) is 105 cm³/mol. The Morgan fingerprint density at radius 1 is 1.18 bits per heavy atom. The number of rotatable bonds is 6. The lowest BCUT2D eigenvalue weighted by Gasteiger charge is -2.16. The molecule has 1 aromatic heterocycles. The lowest BCUT2D eigenvalue weighted by Crippen LogP contribution is -2.28. The molecular formula is C18H18BrN3O5S. The van der Waals surface area contributed by atoms with E-state index in [9.17, 15) is 18.0 Å². The van der Waals surface area contributed by atoms with Crippen LogP contribution in [-0.2, 0) is 19.6 Å². The number of ether oxygens (including phenoxy) is 1. The molecule has 1 amide bonds. The number of pyridine rings is 1. The molecule has 1 aliphatic heterocycles. The number of halogens is 1. The molecule has 1 N–H and O–H groups in total. The van der Waals surface area contributed by atoms with Gasteiger partial charge in [-0.25, -0.2) is 13.2 Å². The second-order valence-electron chi connectivity index (χ2n) is 6.16. The minimum atomic E-state index is -3.58. The third-order valence-electron chi connectivity index (χ3n) is 4.10. The van der Waals surface area contributed by atoms with Crippen molar-refractivity contribution in [2.24, 2.45) is 0 Å². The zero-order valence-electron chi connectivity index (χ0n) is 14.8. The number of carbonyl (C=O) groups excluding carboxylic acids is 2. The van der Waals surface area contributed by atoms with Gasteiger partial charge in [-0.15, -0.1) is 0 Å². The van der Waals surface area contributed by atoms with Crippen molar-refractivity contribution in [1.29, 1.82) is 0 Å². The Bertz CT molecular complexity index is 990. The molecule has 3 rings (SSSR count). The molecule has 1 saturated heterocycles. The Morgan fingerprint density at radius 3 is 2.64 bits per heavy atom. The van der Waals surface area contributed by atoms with Crippen molar-refractivity contribution in [3.8, 4) is 0 Å². The van der Waals surface area contributed by atoms with Crippen LogP contribution in [0.15, 0.2) is 52.1 Å². The van der Waals surface area contributed by atoms with E-state index in [4.69, 9.17) is 4.74 Å². The summed E-state index contributed by atoms with van der Waals surface area (Å²) < 4.78 is 32.2. The van der Waals surface area contributed by atoms with Gasteiger partial charge in [0.2, 0.25) is 10.0 Å². The van der Waals surface area contributed by atoms with E-state index in [1.165, 1.54) is 34.9 Å². The van der Waals surface area contributed by atoms with E-state index in [1.807, 2.05) is 0 Å². The van der Waals surface area contributed by atoms with E-state index >= 15 is 0 Å². The number of carbonyl (C=O) groups is 2. The number of nitrogens with one attached hydrogen (secondary N) is 1. The summed E-state index contributed by atoms with van der Waals surface area (Å²) in [6.07, 6.45) is 4.54. The molecule has 10 heteroatoms. The normalized spacial score (nSPS) is 14.6. The molecule has 0 unspecified atom stereocenters. The van der Waals surface area contributed by atoms with Crippen molar-refractivity contribution in [2.45, 2.75) is 17.7 Å². The summed E-state index contributed by atoms with van der Waals surface area (Å²) in [7, 11) is -3.58. The van der Waals surface area contributed by atoms with Crippen LogP contribution < -0.4 is 5.32 Å². The standard InChI is InChI=1S/C18H18BrN3O5S/c19-14-8-13(10-20-11-14)18(24)27-12-17(23)21-15-4-3-5-16(9-15)28(25,26)22-6-1-2-7-22/h3-5,8-11H,1-2,6-7,12H2,(H,21,23). The zero-order valence-corrected chi connectivity index (χ0v) is 17.2. The summed E-state index contributed by atoms with van der Waals surface area (Å²) in [5, 5.41) is 2.54. The average Bonchev–Trinajstić information content (AvgIpc) is 3.22. The fourth-order valence-electron chi connectivity index (χ4n) is 2.75. The average molecular weight is 468 g/mol. The van der Waals surface area contributed by atoms with Crippen LogP contribution in [0.1, 0.15) is 23.2 Å². The smallest absolute Gasteiger partial charge is 0.340 e. The fraction of sp³-hybridized carbons (Fsp3) is 0.278. The number of hydrogen-bond acceptors (Lipinski definition) is 6. The molecule has 0 spiro atoms. The molecule has 0 saturated carbocycles.